The highest BCUT2D eigenvalue weighted by Crippen LogP contribution is 2.36. The molecule has 0 saturated carbocycles. The molecule has 5 rings (SSSR count). The van der Waals surface area contributed by atoms with Crippen LogP contribution in [-0.4, -0.2) is 57.0 Å². The topological polar surface area (TPSA) is 88.0 Å². The van der Waals surface area contributed by atoms with Gasteiger partial charge in [-0.1, -0.05) is 24.6 Å². The van der Waals surface area contributed by atoms with Crippen molar-refractivity contribution >= 4 is 44.4 Å². The molecular weight excluding hydrogens is 434 g/mol. The molecule has 1 saturated heterocycles. The summed E-state index contributed by atoms with van der Waals surface area (Å²) in [6.45, 7) is 3.61. The van der Waals surface area contributed by atoms with Crippen LogP contribution in [0, 0.1) is 0 Å². The van der Waals surface area contributed by atoms with Gasteiger partial charge >= 0.3 is 0 Å². The first-order valence-electron chi connectivity index (χ1n) is 11.5. The van der Waals surface area contributed by atoms with Crippen LogP contribution in [0.3, 0.4) is 0 Å². The molecule has 172 valence electrons. The molecule has 0 radical (unpaired) electrons. The van der Waals surface area contributed by atoms with Gasteiger partial charge in [-0.2, -0.15) is 0 Å². The van der Waals surface area contributed by atoms with Crippen molar-refractivity contribution in [2.75, 3.05) is 32.0 Å². The average Bonchev–Trinajstić information content (AvgIpc) is 3.45. The number of hydrogen-bond donors (Lipinski definition) is 2. The Labute approximate surface area is 197 Å². The molecule has 4 aromatic rings. The highest BCUT2D eigenvalue weighted by Gasteiger charge is 2.17. The second-order valence-electron chi connectivity index (χ2n) is 8.56. The molecular formula is C24H29N7OS. The molecule has 0 aliphatic carbocycles. The summed E-state index contributed by atoms with van der Waals surface area (Å²) in [4.78, 5) is 28.7. The van der Waals surface area contributed by atoms with E-state index < -0.39 is 0 Å². The third-order valence-electron chi connectivity index (χ3n) is 6.21. The van der Waals surface area contributed by atoms with E-state index in [1.807, 2.05) is 30.8 Å². The first-order valence-corrected chi connectivity index (χ1v) is 12.3. The Morgan fingerprint density at radius 2 is 2.03 bits per heavy atom. The van der Waals surface area contributed by atoms with Gasteiger partial charge in [0.25, 0.3) is 0 Å². The normalized spacial score (nSPS) is 14.7. The average molecular weight is 464 g/mol. The fourth-order valence-electron chi connectivity index (χ4n) is 4.42. The molecule has 9 heteroatoms. The van der Waals surface area contributed by atoms with Crippen molar-refractivity contribution in [1.29, 1.82) is 0 Å². The van der Waals surface area contributed by atoms with Gasteiger partial charge in [0.15, 0.2) is 11.5 Å². The summed E-state index contributed by atoms with van der Waals surface area (Å²) in [6, 6.07) is 8.21. The molecule has 0 unspecified atom stereocenters. The predicted octanol–water partition coefficient (Wildman–Crippen LogP) is 3.78. The number of piperidine rings is 1. The van der Waals surface area contributed by atoms with Gasteiger partial charge in [0.2, 0.25) is 5.91 Å². The number of aryl methyl sites for hydroxylation is 1. The van der Waals surface area contributed by atoms with Crippen molar-refractivity contribution in [2.24, 2.45) is 7.05 Å². The Morgan fingerprint density at radius 3 is 2.85 bits per heavy atom. The smallest absolute Gasteiger partial charge is 0.221 e. The molecule has 2 N–H and O–H groups in total. The van der Waals surface area contributed by atoms with Crippen molar-refractivity contribution in [3.8, 4) is 10.6 Å². The molecule has 1 aliphatic rings. The molecule has 0 bridgehead atoms. The molecule has 1 aliphatic heterocycles. The third-order valence-corrected chi connectivity index (χ3v) is 7.31. The second-order valence-corrected chi connectivity index (χ2v) is 9.56. The monoisotopic (exact) mass is 463 g/mol. The zero-order valence-corrected chi connectivity index (χ0v) is 19.9. The molecule has 33 heavy (non-hydrogen) atoms. The minimum absolute atomic E-state index is 0.105. The zero-order valence-electron chi connectivity index (χ0n) is 19.1. The van der Waals surface area contributed by atoms with Crippen molar-refractivity contribution in [3.63, 3.8) is 0 Å². The summed E-state index contributed by atoms with van der Waals surface area (Å²) in [5.41, 5.74) is 4.69. The number of thiazole rings is 1. The largest absolute Gasteiger partial charge is 0.371 e. The maximum atomic E-state index is 12.4. The van der Waals surface area contributed by atoms with Crippen LogP contribution < -0.4 is 10.6 Å². The standard InChI is InChI=1S/C24H29N7OS/c1-25-22-19-20(30(2)15-27-19)21-23(28-22)29-24(33-21)17-8-6-7-16(13-17)14-26-18(32)9-12-31-10-4-3-5-11-31/h6-8,13,15H,3-5,9-12,14H2,1-2H3,(H,25,28)(H,26,32). The Bertz CT molecular complexity index is 1290. The minimum Gasteiger partial charge on any atom is -0.371 e. The number of pyridine rings is 1. The summed E-state index contributed by atoms with van der Waals surface area (Å²) in [5.74, 6) is 0.837. The van der Waals surface area contributed by atoms with Crippen LogP contribution in [0.2, 0.25) is 0 Å². The van der Waals surface area contributed by atoms with Crippen molar-refractivity contribution in [2.45, 2.75) is 32.2 Å². The van der Waals surface area contributed by atoms with Gasteiger partial charge in [-0.3, -0.25) is 4.79 Å². The lowest BCUT2D eigenvalue weighted by Gasteiger charge is -2.25. The Balaban J connectivity index is 1.31. The Kier molecular flexibility index (Phi) is 6.24. The van der Waals surface area contributed by atoms with E-state index in [-0.39, 0.29) is 5.91 Å². The maximum absolute atomic E-state index is 12.4. The Hall–Kier alpha value is -3.04. The van der Waals surface area contributed by atoms with Gasteiger partial charge in [0.05, 0.1) is 11.8 Å². The third kappa shape index (κ3) is 4.56. The number of anilines is 1. The van der Waals surface area contributed by atoms with Crippen LogP contribution in [0.15, 0.2) is 30.6 Å². The van der Waals surface area contributed by atoms with Crippen LogP contribution in [0.5, 0.6) is 0 Å². The van der Waals surface area contributed by atoms with E-state index in [2.05, 4.69) is 37.6 Å². The fraction of sp³-hybridized carbons (Fsp3) is 0.417. The molecule has 1 aromatic carbocycles. The molecule has 4 heterocycles. The molecule has 0 spiro atoms. The number of hydrogen-bond acceptors (Lipinski definition) is 7. The van der Waals surface area contributed by atoms with E-state index >= 15 is 0 Å². The van der Waals surface area contributed by atoms with Crippen molar-refractivity contribution in [3.05, 3.63) is 36.2 Å². The first kappa shape index (κ1) is 21.8. The van der Waals surface area contributed by atoms with E-state index in [4.69, 9.17) is 4.98 Å². The van der Waals surface area contributed by atoms with E-state index in [9.17, 15) is 4.79 Å². The lowest BCUT2D eigenvalue weighted by molar-refractivity contribution is -0.121. The number of likely N-dealkylation sites (tertiary alicyclic amines) is 1. The summed E-state index contributed by atoms with van der Waals surface area (Å²) in [6.07, 6.45) is 6.17. The molecule has 3 aromatic heterocycles. The van der Waals surface area contributed by atoms with Crippen LogP contribution in [0.1, 0.15) is 31.2 Å². The fourth-order valence-corrected chi connectivity index (χ4v) is 5.51. The summed E-state index contributed by atoms with van der Waals surface area (Å²) in [7, 11) is 3.84. The number of fused-ring (bicyclic) bond motifs is 3. The van der Waals surface area contributed by atoms with Crippen LogP contribution in [0.4, 0.5) is 5.82 Å². The molecule has 0 atom stereocenters. The number of carbonyl (C=O) groups is 1. The van der Waals surface area contributed by atoms with Gasteiger partial charge in [-0.05, 0) is 37.6 Å². The number of nitrogens with zero attached hydrogens (tertiary/aromatic N) is 5. The number of rotatable bonds is 7. The van der Waals surface area contributed by atoms with E-state index in [1.165, 1.54) is 19.3 Å². The van der Waals surface area contributed by atoms with E-state index in [1.54, 1.807) is 17.7 Å². The first-order chi connectivity index (χ1) is 16.1. The maximum Gasteiger partial charge on any atom is 0.221 e. The minimum atomic E-state index is 0.105. The number of imidazole rings is 1. The molecule has 1 fully saturated rings. The number of aromatic nitrogens is 4. The highest BCUT2D eigenvalue weighted by molar-refractivity contribution is 7.22. The second kappa shape index (κ2) is 9.44. The molecule has 1 amide bonds. The lowest BCUT2D eigenvalue weighted by atomic mass is 10.1. The van der Waals surface area contributed by atoms with Crippen molar-refractivity contribution < 1.29 is 4.79 Å². The molecule has 8 nitrogen and oxygen atoms in total. The van der Waals surface area contributed by atoms with Gasteiger partial charge in [-0.25, -0.2) is 15.0 Å². The number of benzene rings is 1. The quantitative estimate of drug-likeness (QED) is 0.434. The summed E-state index contributed by atoms with van der Waals surface area (Å²) in [5, 5.41) is 7.11. The van der Waals surface area contributed by atoms with Crippen LogP contribution >= 0.6 is 11.3 Å². The van der Waals surface area contributed by atoms with Crippen LogP contribution in [0.25, 0.3) is 32.0 Å². The van der Waals surface area contributed by atoms with Gasteiger partial charge in [0, 0.05) is 39.2 Å². The van der Waals surface area contributed by atoms with E-state index in [0.717, 1.165) is 57.3 Å². The van der Waals surface area contributed by atoms with Gasteiger partial charge < -0.3 is 20.1 Å². The number of amides is 1. The van der Waals surface area contributed by atoms with Gasteiger partial charge in [0.1, 0.15) is 15.2 Å². The van der Waals surface area contributed by atoms with E-state index in [0.29, 0.717) is 18.6 Å². The lowest BCUT2D eigenvalue weighted by Crippen LogP contribution is -2.34. The SMILES string of the molecule is CNc1nc2nc(-c3cccc(CNC(=O)CCN4CCCCC4)c3)sc2c2c1ncn2C. The predicted molar refractivity (Wildman–Crippen MR) is 133 cm³/mol. The number of carbonyl (C=O) groups excluding carboxylic acids is 1. The highest BCUT2D eigenvalue weighted by atomic mass is 32.1. The van der Waals surface area contributed by atoms with Crippen LogP contribution in [-0.2, 0) is 18.4 Å². The summed E-state index contributed by atoms with van der Waals surface area (Å²) < 4.78 is 3.04. The zero-order chi connectivity index (χ0) is 22.8. The Morgan fingerprint density at radius 1 is 1.18 bits per heavy atom. The number of nitrogens with one attached hydrogen (secondary N) is 2. The summed E-state index contributed by atoms with van der Waals surface area (Å²) >= 11 is 1.62. The van der Waals surface area contributed by atoms with Crippen molar-refractivity contribution in [1.82, 2.24) is 29.7 Å². The van der Waals surface area contributed by atoms with Gasteiger partial charge in [-0.15, -0.1) is 11.3 Å².